The Balaban J connectivity index is 1.81. The Kier molecular flexibility index (Phi) is 6.01. The first kappa shape index (κ1) is 15.8. The third-order valence-electron chi connectivity index (χ3n) is 3.83. The average Bonchev–Trinajstić information content (AvgIpc) is 2.48. The summed E-state index contributed by atoms with van der Waals surface area (Å²) < 4.78 is 0. The molecule has 1 atom stereocenters. The maximum atomic E-state index is 3.61. The Morgan fingerprint density at radius 1 is 0.810 bits per heavy atom. The van der Waals surface area contributed by atoms with Crippen LogP contribution in [0.4, 0.5) is 0 Å². The van der Waals surface area contributed by atoms with Crippen molar-refractivity contribution in [2.24, 2.45) is 5.92 Å². The molecule has 2 aromatic carbocycles. The van der Waals surface area contributed by atoms with Gasteiger partial charge in [0.2, 0.25) is 0 Å². The second kappa shape index (κ2) is 7.99. The van der Waals surface area contributed by atoms with Crippen LogP contribution in [-0.4, -0.2) is 6.54 Å². The Morgan fingerprint density at radius 2 is 1.48 bits per heavy atom. The van der Waals surface area contributed by atoms with Crippen molar-refractivity contribution >= 4 is 0 Å². The quantitative estimate of drug-likeness (QED) is 0.770. The van der Waals surface area contributed by atoms with Crippen LogP contribution in [0.25, 0.3) is 0 Å². The van der Waals surface area contributed by atoms with Gasteiger partial charge in [-0.25, -0.2) is 0 Å². The Bertz CT molecular complexity index is 513. The highest BCUT2D eigenvalue weighted by Crippen LogP contribution is 2.15. The van der Waals surface area contributed by atoms with Crippen molar-refractivity contribution in [2.75, 3.05) is 6.54 Å². The zero-order chi connectivity index (χ0) is 15.1. The van der Waals surface area contributed by atoms with Gasteiger partial charge >= 0.3 is 0 Å². The minimum absolute atomic E-state index is 0.404. The van der Waals surface area contributed by atoms with E-state index in [0.29, 0.717) is 6.04 Å². The lowest BCUT2D eigenvalue weighted by Crippen LogP contribution is -2.21. The van der Waals surface area contributed by atoms with Crippen molar-refractivity contribution in [1.29, 1.82) is 0 Å². The Labute approximate surface area is 129 Å². The van der Waals surface area contributed by atoms with Crippen molar-refractivity contribution < 1.29 is 0 Å². The highest BCUT2D eigenvalue weighted by Gasteiger charge is 2.05. The fourth-order valence-corrected chi connectivity index (χ4v) is 2.61. The van der Waals surface area contributed by atoms with Crippen molar-refractivity contribution in [2.45, 2.75) is 39.7 Å². The molecule has 0 aromatic heterocycles. The van der Waals surface area contributed by atoms with E-state index in [1.54, 1.807) is 0 Å². The van der Waals surface area contributed by atoms with Gasteiger partial charge in [0.15, 0.2) is 0 Å². The molecule has 0 aliphatic carbocycles. The van der Waals surface area contributed by atoms with Gasteiger partial charge in [0.25, 0.3) is 0 Å². The van der Waals surface area contributed by atoms with E-state index >= 15 is 0 Å². The van der Waals surface area contributed by atoms with Crippen LogP contribution in [0, 0.1) is 5.92 Å². The van der Waals surface area contributed by atoms with Crippen LogP contribution in [-0.2, 0) is 12.8 Å². The molecule has 0 spiro atoms. The molecule has 2 rings (SSSR count). The predicted octanol–water partition coefficient (Wildman–Crippen LogP) is 4.78. The molecular weight excluding hydrogens is 254 g/mol. The van der Waals surface area contributed by atoms with Crippen molar-refractivity contribution in [3.63, 3.8) is 0 Å². The molecule has 0 aliphatic rings. The van der Waals surface area contributed by atoms with Gasteiger partial charge in [-0.2, -0.15) is 0 Å². The number of benzene rings is 2. The monoisotopic (exact) mass is 281 g/mol. The van der Waals surface area contributed by atoms with E-state index in [4.69, 9.17) is 0 Å². The first-order chi connectivity index (χ1) is 10.1. The minimum Gasteiger partial charge on any atom is -0.310 e. The SMILES string of the molecule is CC(C)Cc1ccc(C(C)NCCc2ccccc2)cc1. The molecule has 0 aliphatic heterocycles. The molecule has 0 fully saturated rings. The number of rotatable bonds is 7. The number of hydrogen-bond donors (Lipinski definition) is 1. The summed E-state index contributed by atoms with van der Waals surface area (Å²) in [6.45, 7) is 7.78. The second-order valence-electron chi connectivity index (χ2n) is 6.25. The van der Waals surface area contributed by atoms with Crippen LogP contribution < -0.4 is 5.32 Å². The number of nitrogens with one attached hydrogen (secondary N) is 1. The van der Waals surface area contributed by atoms with Gasteiger partial charge in [0.1, 0.15) is 0 Å². The minimum atomic E-state index is 0.404. The maximum Gasteiger partial charge on any atom is 0.0291 e. The lowest BCUT2D eigenvalue weighted by Gasteiger charge is -2.15. The zero-order valence-electron chi connectivity index (χ0n) is 13.5. The van der Waals surface area contributed by atoms with Gasteiger partial charge in [-0.15, -0.1) is 0 Å². The normalized spacial score (nSPS) is 12.6. The molecule has 1 N–H and O–H groups in total. The molecule has 0 radical (unpaired) electrons. The molecule has 112 valence electrons. The summed E-state index contributed by atoms with van der Waals surface area (Å²) in [6, 6.07) is 20.1. The van der Waals surface area contributed by atoms with Crippen LogP contribution >= 0.6 is 0 Å². The van der Waals surface area contributed by atoms with Gasteiger partial charge in [0, 0.05) is 6.04 Å². The van der Waals surface area contributed by atoms with Crippen molar-refractivity contribution in [3.8, 4) is 0 Å². The van der Waals surface area contributed by atoms with E-state index in [1.165, 1.54) is 16.7 Å². The summed E-state index contributed by atoms with van der Waals surface area (Å²) in [5, 5.41) is 3.61. The molecule has 1 heteroatoms. The molecule has 1 unspecified atom stereocenters. The van der Waals surface area contributed by atoms with E-state index in [1.807, 2.05) is 0 Å². The molecular formula is C20H27N. The van der Waals surface area contributed by atoms with Crippen LogP contribution in [0.5, 0.6) is 0 Å². The summed E-state index contributed by atoms with van der Waals surface area (Å²) in [5.41, 5.74) is 4.20. The van der Waals surface area contributed by atoms with Gasteiger partial charge < -0.3 is 5.32 Å². The van der Waals surface area contributed by atoms with Gasteiger partial charge in [-0.3, -0.25) is 0 Å². The molecule has 0 heterocycles. The smallest absolute Gasteiger partial charge is 0.0291 e. The fourth-order valence-electron chi connectivity index (χ4n) is 2.61. The third kappa shape index (κ3) is 5.35. The molecule has 0 saturated heterocycles. The summed E-state index contributed by atoms with van der Waals surface area (Å²) in [7, 11) is 0. The first-order valence-corrected chi connectivity index (χ1v) is 8.01. The molecule has 1 nitrogen and oxygen atoms in total. The summed E-state index contributed by atoms with van der Waals surface area (Å²) in [4.78, 5) is 0. The summed E-state index contributed by atoms with van der Waals surface area (Å²) >= 11 is 0. The van der Waals surface area contributed by atoms with Gasteiger partial charge in [0.05, 0.1) is 0 Å². The van der Waals surface area contributed by atoms with Gasteiger partial charge in [-0.05, 0) is 48.9 Å². The zero-order valence-corrected chi connectivity index (χ0v) is 13.5. The van der Waals surface area contributed by atoms with Gasteiger partial charge in [-0.1, -0.05) is 68.4 Å². The van der Waals surface area contributed by atoms with Crippen molar-refractivity contribution in [1.82, 2.24) is 5.32 Å². The predicted molar refractivity (Wildman–Crippen MR) is 91.5 cm³/mol. The van der Waals surface area contributed by atoms with E-state index in [-0.39, 0.29) is 0 Å². The maximum absolute atomic E-state index is 3.61. The topological polar surface area (TPSA) is 12.0 Å². The van der Waals surface area contributed by atoms with E-state index in [2.05, 4.69) is 80.7 Å². The lowest BCUT2D eigenvalue weighted by atomic mass is 10.00. The summed E-state index contributed by atoms with van der Waals surface area (Å²) in [5.74, 6) is 0.720. The Hall–Kier alpha value is -1.60. The summed E-state index contributed by atoms with van der Waals surface area (Å²) in [6.07, 6.45) is 2.24. The second-order valence-corrected chi connectivity index (χ2v) is 6.25. The first-order valence-electron chi connectivity index (χ1n) is 8.01. The highest BCUT2D eigenvalue weighted by molar-refractivity contribution is 5.25. The standard InChI is InChI=1S/C20H27N/c1-16(2)15-19-9-11-20(12-10-19)17(3)21-14-13-18-7-5-4-6-8-18/h4-12,16-17,21H,13-15H2,1-3H3. The molecule has 0 amide bonds. The largest absolute Gasteiger partial charge is 0.310 e. The molecule has 0 bridgehead atoms. The van der Waals surface area contributed by atoms with Crippen molar-refractivity contribution in [3.05, 3.63) is 71.3 Å². The van der Waals surface area contributed by atoms with Crippen LogP contribution in [0.2, 0.25) is 0 Å². The molecule has 0 saturated carbocycles. The van der Waals surface area contributed by atoms with E-state index in [0.717, 1.165) is 25.3 Å². The van der Waals surface area contributed by atoms with E-state index < -0.39 is 0 Å². The van der Waals surface area contributed by atoms with Crippen LogP contribution in [0.3, 0.4) is 0 Å². The van der Waals surface area contributed by atoms with E-state index in [9.17, 15) is 0 Å². The Morgan fingerprint density at radius 3 is 2.10 bits per heavy atom. The third-order valence-corrected chi connectivity index (χ3v) is 3.83. The van der Waals surface area contributed by atoms with Crippen LogP contribution in [0.15, 0.2) is 54.6 Å². The fraction of sp³-hybridized carbons (Fsp3) is 0.400. The lowest BCUT2D eigenvalue weighted by molar-refractivity contribution is 0.576. The highest BCUT2D eigenvalue weighted by atomic mass is 14.9. The number of hydrogen-bond acceptors (Lipinski definition) is 1. The molecule has 2 aromatic rings. The molecule has 21 heavy (non-hydrogen) atoms. The van der Waals surface area contributed by atoms with Crippen LogP contribution in [0.1, 0.15) is 43.5 Å². The average molecular weight is 281 g/mol.